The Balaban J connectivity index is 1.35. The molecule has 1 aliphatic carbocycles. The van der Waals surface area contributed by atoms with Crippen LogP contribution in [-0.4, -0.2) is 8.80 Å². The van der Waals surface area contributed by atoms with Gasteiger partial charge >= 0.3 is 0 Å². The summed E-state index contributed by atoms with van der Waals surface area (Å²) in [7, 11) is 0. The summed E-state index contributed by atoms with van der Waals surface area (Å²) in [5.74, 6) is 0. The van der Waals surface area contributed by atoms with Gasteiger partial charge < -0.3 is 8.80 Å². The zero-order chi connectivity index (χ0) is 33.0. The standard InChI is InChI=1S/C49H28N2/c1-3-14-29(15-4-1)49(30-16-5-2-6-17-30)39-23-10-7-18-31(39)34-26-27-37-44-43-36-22-13-21-35-32-19-8-11-24-40(32)50(46(35)36)42(43)28-38-33-20-9-12-25-41(33)51(47(38)44)48(37)45(34)49/h1-28H. The minimum atomic E-state index is -0.510. The highest BCUT2D eigenvalue weighted by atomic mass is 14.9. The van der Waals surface area contributed by atoms with Gasteiger partial charge in [-0.05, 0) is 46.0 Å². The second-order valence-corrected chi connectivity index (χ2v) is 14.4. The summed E-state index contributed by atoms with van der Waals surface area (Å²) in [6.45, 7) is 0. The molecule has 0 saturated carbocycles. The number of para-hydroxylation sites is 3. The molecule has 51 heavy (non-hydrogen) atoms. The predicted molar refractivity (Wildman–Crippen MR) is 213 cm³/mol. The second kappa shape index (κ2) is 8.93. The van der Waals surface area contributed by atoms with Crippen LogP contribution in [0.2, 0.25) is 0 Å². The van der Waals surface area contributed by atoms with Crippen LogP contribution in [0.5, 0.6) is 0 Å². The minimum absolute atomic E-state index is 0.510. The van der Waals surface area contributed by atoms with Crippen molar-refractivity contribution in [3.8, 4) is 11.1 Å². The van der Waals surface area contributed by atoms with Gasteiger partial charge in [0.05, 0.1) is 38.5 Å². The topological polar surface area (TPSA) is 8.82 Å². The zero-order valence-corrected chi connectivity index (χ0v) is 27.6. The first-order chi connectivity index (χ1) is 25.4. The van der Waals surface area contributed by atoms with E-state index in [0.717, 1.165) is 0 Å². The molecule has 1 aliphatic rings. The van der Waals surface area contributed by atoms with Crippen molar-refractivity contribution in [2.45, 2.75) is 5.41 Å². The third-order valence-corrected chi connectivity index (χ3v) is 12.2. The Morgan fingerprint density at radius 1 is 0.333 bits per heavy atom. The molecule has 13 rings (SSSR count). The van der Waals surface area contributed by atoms with Gasteiger partial charge in [0.1, 0.15) is 0 Å². The van der Waals surface area contributed by atoms with E-state index in [1.807, 2.05) is 0 Å². The summed E-state index contributed by atoms with van der Waals surface area (Å²) >= 11 is 0. The Morgan fingerprint density at radius 2 is 0.922 bits per heavy atom. The zero-order valence-electron chi connectivity index (χ0n) is 27.6. The van der Waals surface area contributed by atoms with Crippen LogP contribution in [0.25, 0.3) is 87.3 Å². The SMILES string of the molecule is c1ccc(C2(c3ccccc3)c3ccccc3-c3ccc4c5c6c7cccc8c9ccccc9n(c6cc6c9ccccc9n(c4c32)c65)c87)cc1. The maximum atomic E-state index is 2.63. The molecule has 2 nitrogen and oxygen atoms in total. The molecular formula is C49H28N2. The summed E-state index contributed by atoms with van der Waals surface area (Å²) in [5.41, 5.74) is 15.1. The maximum absolute atomic E-state index is 2.63. The summed E-state index contributed by atoms with van der Waals surface area (Å²) in [5, 5.41) is 10.6. The molecule has 0 spiro atoms. The van der Waals surface area contributed by atoms with E-state index in [4.69, 9.17) is 0 Å². The molecule has 0 N–H and O–H groups in total. The molecule has 0 bridgehead atoms. The average molecular weight is 645 g/mol. The molecule has 0 aliphatic heterocycles. The summed E-state index contributed by atoms with van der Waals surface area (Å²) < 4.78 is 5.17. The largest absolute Gasteiger partial charge is 0.308 e. The van der Waals surface area contributed by atoms with Gasteiger partial charge in [-0.1, -0.05) is 152 Å². The first-order valence-electron chi connectivity index (χ1n) is 17.9. The normalized spacial score (nSPS) is 14.0. The van der Waals surface area contributed by atoms with Crippen molar-refractivity contribution in [2.24, 2.45) is 0 Å². The van der Waals surface area contributed by atoms with Crippen molar-refractivity contribution in [3.63, 3.8) is 0 Å². The van der Waals surface area contributed by atoms with E-state index in [-0.39, 0.29) is 0 Å². The van der Waals surface area contributed by atoms with Crippen molar-refractivity contribution < 1.29 is 0 Å². The number of benzene rings is 8. The summed E-state index contributed by atoms with van der Waals surface area (Å²) in [6, 6.07) is 63.7. The van der Waals surface area contributed by atoms with E-state index >= 15 is 0 Å². The maximum Gasteiger partial charge on any atom is 0.0734 e. The first kappa shape index (κ1) is 26.3. The van der Waals surface area contributed by atoms with Gasteiger partial charge in [0.2, 0.25) is 0 Å². The lowest BCUT2D eigenvalue weighted by molar-refractivity contribution is 0.773. The molecule has 4 aromatic heterocycles. The Labute approximate surface area is 292 Å². The molecule has 0 radical (unpaired) electrons. The fourth-order valence-corrected chi connectivity index (χ4v) is 10.5. The molecule has 0 atom stereocenters. The molecule has 0 fully saturated rings. The van der Waals surface area contributed by atoms with Crippen LogP contribution >= 0.6 is 0 Å². The average Bonchev–Trinajstić information content (AvgIpc) is 3.98. The molecular weight excluding hydrogens is 617 g/mol. The van der Waals surface area contributed by atoms with Crippen LogP contribution < -0.4 is 0 Å². The fraction of sp³-hybridized carbons (Fsp3) is 0.0204. The molecule has 8 aromatic carbocycles. The highest BCUT2D eigenvalue weighted by Gasteiger charge is 2.48. The number of nitrogens with zero attached hydrogens (tertiary/aromatic N) is 2. The third kappa shape index (κ3) is 2.85. The van der Waals surface area contributed by atoms with Crippen molar-refractivity contribution in [3.05, 3.63) is 192 Å². The van der Waals surface area contributed by atoms with E-state index in [9.17, 15) is 0 Å². The van der Waals surface area contributed by atoms with Gasteiger partial charge in [0.15, 0.2) is 0 Å². The van der Waals surface area contributed by atoms with Crippen LogP contribution in [0, 0.1) is 0 Å². The third-order valence-electron chi connectivity index (χ3n) is 12.2. The highest BCUT2D eigenvalue weighted by molar-refractivity contribution is 6.38. The Kier molecular flexibility index (Phi) is 4.60. The van der Waals surface area contributed by atoms with Gasteiger partial charge in [-0.2, -0.15) is 0 Å². The molecule has 2 heteroatoms. The lowest BCUT2D eigenvalue weighted by Gasteiger charge is -2.34. The van der Waals surface area contributed by atoms with E-state index in [1.54, 1.807) is 0 Å². The van der Waals surface area contributed by atoms with Gasteiger partial charge in [0.25, 0.3) is 0 Å². The first-order valence-corrected chi connectivity index (χ1v) is 17.9. The molecule has 4 heterocycles. The minimum Gasteiger partial charge on any atom is -0.308 e. The Hall–Kier alpha value is -6.64. The predicted octanol–water partition coefficient (Wildman–Crippen LogP) is 12.3. The van der Waals surface area contributed by atoms with Crippen LogP contribution in [0.4, 0.5) is 0 Å². The second-order valence-electron chi connectivity index (χ2n) is 14.4. The van der Waals surface area contributed by atoms with Gasteiger partial charge in [-0.25, -0.2) is 0 Å². The number of rotatable bonds is 2. The van der Waals surface area contributed by atoms with Crippen LogP contribution in [0.15, 0.2) is 170 Å². The summed E-state index contributed by atoms with van der Waals surface area (Å²) in [4.78, 5) is 0. The number of hydrogen-bond acceptors (Lipinski definition) is 0. The molecule has 0 unspecified atom stereocenters. The van der Waals surface area contributed by atoms with E-state index in [1.165, 1.54) is 110 Å². The number of aromatic nitrogens is 2. The van der Waals surface area contributed by atoms with Crippen molar-refractivity contribution in [2.75, 3.05) is 0 Å². The van der Waals surface area contributed by atoms with Crippen LogP contribution in [0.3, 0.4) is 0 Å². The Morgan fingerprint density at radius 3 is 1.69 bits per heavy atom. The smallest absolute Gasteiger partial charge is 0.0734 e. The molecule has 12 aromatic rings. The Bertz CT molecular complexity index is 3360. The summed E-state index contributed by atoms with van der Waals surface area (Å²) in [6.07, 6.45) is 0. The van der Waals surface area contributed by atoms with Gasteiger partial charge in [-0.15, -0.1) is 0 Å². The van der Waals surface area contributed by atoms with Gasteiger partial charge in [-0.3, -0.25) is 0 Å². The lowest BCUT2D eigenvalue weighted by atomic mass is 9.67. The lowest BCUT2D eigenvalue weighted by Crippen LogP contribution is -2.29. The van der Waals surface area contributed by atoms with E-state index < -0.39 is 5.41 Å². The van der Waals surface area contributed by atoms with Gasteiger partial charge in [0, 0.05) is 48.7 Å². The highest BCUT2D eigenvalue weighted by Crippen LogP contribution is 2.60. The van der Waals surface area contributed by atoms with E-state index in [0.29, 0.717) is 0 Å². The number of hydrogen-bond donors (Lipinski definition) is 0. The van der Waals surface area contributed by atoms with Crippen molar-refractivity contribution in [1.29, 1.82) is 0 Å². The quantitative estimate of drug-likeness (QED) is 0.177. The van der Waals surface area contributed by atoms with E-state index in [2.05, 4.69) is 179 Å². The number of fused-ring (bicyclic) bond motifs is 17. The molecule has 0 amide bonds. The van der Waals surface area contributed by atoms with Crippen LogP contribution in [0.1, 0.15) is 22.3 Å². The fourth-order valence-electron chi connectivity index (χ4n) is 10.5. The molecule has 0 saturated heterocycles. The van der Waals surface area contributed by atoms with Crippen molar-refractivity contribution in [1.82, 2.24) is 8.80 Å². The van der Waals surface area contributed by atoms with Crippen molar-refractivity contribution >= 4 is 76.2 Å². The monoisotopic (exact) mass is 644 g/mol. The van der Waals surface area contributed by atoms with Crippen LogP contribution in [-0.2, 0) is 5.41 Å². The molecule has 234 valence electrons.